The molecule has 0 radical (unpaired) electrons. The van der Waals surface area contributed by atoms with Crippen LogP contribution in [0.5, 0.6) is 0 Å². The summed E-state index contributed by atoms with van der Waals surface area (Å²) in [4.78, 5) is 23.3. The molecule has 0 aliphatic carbocycles. The standard InChI is InChI=1S/C16H24N2O5S/c1-10(2)14(16(20)21)17-15(19)12-6-8-13(9-7-12)24(22,23)18(5)11(3)4/h6-11,14H,1-5H3,(H,17,19)(H,20,21)/t14-/m0/s1. The SMILES string of the molecule is CC(C)[C@H](NC(=O)c1ccc(S(=O)(=O)N(C)C(C)C)cc1)C(=O)O. The van der Waals surface area contributed by atoms with Gasteiger partial charge in [-0.25, -0.2) is 13.2 Å². The molecule has 0 saturated carbocycles. The molecule has 2 N–H and O–H groups in total. The van der Waals surface area contributed by atoms with Crippen molar-refractivity contribution in [3.8, 4) is 0 Å². The molecule has 0 unspecified atom stereocenters. The second kappa shape index (κ2) is 7.76. The van der Waals surface area contributed by atoms with Crippen molar-refractivity contribution in [3.63, 3.8) is 0 Å². The number of carbonyl (C=O) groups is 2. The molecule has 0 heterocycles. The molecule has 7 nitrogen and oxygen atoms in total. The van der Waals surface area contributed by atoms with Gasteiger partial charge >= 0.3 is 5.97 Å². The van der Waals surface area contributed by atoms with E-state index >= 15 is 0 Å². The largest absolute Gasteiger partial charge is 0.480 e. The van der Waals surface area contributed by atoms with Gasteiger partial charge in [0.25, 0.3) is 5.91 Å². The van der Waals surface area contributed by atoms with Crippen LogP contribution in [0.1, 0.15) is 38.1 Å². The van der Waals surface area contributed by atoms with Gasteiger partial charge in [-0.2, -0.15) is 4.31 Å². The maximum atomic E-state index is 12.4. The predicted molar refractivity (Wildman–Crippen MR) is 90.3 cm³/mol. The highest BCUT2D eigenvalue weighted by molar-refractivity contribution is 7.89. The Morgan fingerprint density at radius 1 is 1.08 bits per heavy atom. The quantitative estimate of drug-likeness (QED) is 0.771. The zero-order valence-electron chi connectivity index (χ0n) is 14.5. The molecule has 0 saturated heterocycles. The van der Waals surface area contributed by atoms with Crippen LogP contribution in [0.2, 0.25) is 0 Å². The van der Waals surface area contributed by atoms with Crippen molar-refractivity contribution in [2.75, 3.05) is 7.05 Å². The summed E-state index contributed by atoms with van der Waals surface area (Å²) in [6.45, 7) is 6.90. The highest BCUT2D eigenvalue weighted by atomic mass is 32.2. The number of carbonyl (C=O) groups excluding carboxylic acids is 1. The van der Waals surface area contributed by atoms with Crippen LogP contribution in [0.25, 0.3) is 0 Å². The van der Waals surface area contributed by atoms with Gasteiger partial charge in [0.05, 0.1) is 4.90 Å². The highest BCUT2D eigenvalue weighted by Gasteiger charge is 2.25. The maximum Gasteiger partial charge on any atom is 0.326 e. The van der Waals surface area contributed by atoms with Gasteiger partial charge < -0.3 is 10.4 Å². The number of amides is 1. The molecule has 8 heteroatoms. The number of hydrogen-bond acceptors (Lipinski definition) is 4. The fourth-order valence-corrected chi connectivity index (χ4v) is 3.33. The first-order chi connectivity index (χ1) is 11.0. The fraction of sp³-hybridized carbons (Fsp3) is 0.500. The Morgan fingerprint density at radius 3 is 1.96 bits per heavy atom. The molecule has 0 spiro atoms. The van der Waals surface area contributed by atoms with E-state index in [1.165, 1.54) is 35.6 Å². The van der Waals surface area contributed by atoms with Crippen molar-refractivity contribution in [2.24, 2.45) is 5.92 Å². The number of sulfonamides is 1. The third kappa shape index (κ3) is 4.55. The van der Waals surface area contributed by atoms with Crippen LogP contribution in [-0.4, -0.2) is 48.8 Å². The van der Waals surface area contributed by atoms with Gasteiger partial charge in [0.15, 0.2) is 0 Å². The van der Waals surface area contributed by atoms with Gasteiger partial charge in [-0.3, -0.25) is 4.79 Å². The second-order valence-electron chi connectivity index (χ2n) is 6.17. The zero-order chi connectivity index (χ0) is 18.7. The lowest BCUT2D eigenvalue weighted by Crippen LogP contribution is -2.44. The van der Waals surface area contributed by atoms with Crippen molar-refractivity contribution in [1.82, 2.24) is 9.62 Å². The topological polar surface area (TPSA) is 104 Å². The van der Waals surface area contributed by atoms with Gasteiger partial charge in [0.1, 0.15) is 6.04 Å². The lowest BCUT2D eigenvalue weighted by molar-refractivity contribution is -0.140. The molecule has 0 aliphatic heterocycles. The van der Waals surface area contributed by atoms with Crippen LogP contribution < -0.4 is 5.32 Å². The Bertz CT molecular complexity index is 696. The Morgan fingerprint density at radius 2 is 1.58 bits per heavy atom. The number of aliphatic carboxylic acids is 1. The third-order valence-electron chi connectivity index (χ3n) is 3.74. The van der Waals surface area contributed by atoms with E-state index in [9.17, 15) is 18.0 Å². The Balaban J connectivity index is 2.99. The van der Waals surface area contributed by atoms with Crippen molar-refractivity contribution < 1.29 is 23.1 Å². The molecule has 1 rings (SSSR count). The molecule has 1 aromatic rings. The van der Waals surface area contributed by atoms with Crippen LogP contribution in [0.15, 0.2) is 29.2 Å². The average Bonchev–Trinajstić information content (AvgIpc) is 2.50. The summed E-state index contributed by atoms with van der Waals surface area (Å²) in [5, 5.41) is 11.5. The number of hydrogen-bond donors (Lipinski definition) is 2. The minimum atomic E-state index is -3.62. The van der Waals surface area contributed by atoms with Gasteiger partial charge in [-0.1, -0.05) is 13.8 Å². The summed E-state index contributed by atoms with van der Waals surface area (Å²) in [6, 6.07) is 4.22. The van der Waals surface area contributed by atoms with Gasteiger partial charge in [0, 0.05) is 18.7 Å². The first kappa shape index (κ1) is 20.1. The molecule has 0 fully saturated rings. The van der Waals surface area contributed by atoms with E-state index in [4.69, 9.17) is 5.11 Å². The molecule has 134 valence electrons. The minimum absolute atomic E-state index is 0.0777. The fourth-order valence-electron chi connectivity index (χ4n) is 1.96. The molecule has 0 aliphatic rings. The monoisotopic (exact) mass is 356 g/mol. The molecule has 1 atom stereocenters. The summed E-state index contributed by atoms with van der Waals surface area (Å²) in [7, 11) is -2.14. The van der Waals surface area contributed by atoms with Crippen LogP contribution in [0.3, 0.4) is 0 Å². The van der Waals surface area contributed by atoms with Crippen LogP contribution in [0, 0.1) is 5.92 Å². The summed E-state index contributed by atoms with van der Waals surface area (Å²) in [6.07, 6.45) is 0. The Labute approximate surface area is 142 Å². The minimum Gasteiger partial charge on any atom is -0.480 e. The molecule has 0 aromatic heterocycles. The van der Waals surface area contributed by atoms with E-state index in [1.807, 2.05) is 0 Å². The normalized spacial score (nSPS) is 13.3. The lowest BCUT2D eigenvalue weighted by atomic mass is 10.0. The molecule has 1 amide bonds. The molecular weight excluding hydrogens is 332 g/mol. The maximum absolute atomic E-state index is 12.4. The summed E-state index contributed by atoms with van der Waals surface area (Å²) in [5.74, 6) is -1.95. The van der Waals surface area contributed by atoms with E-state index < -0.39 is 27.9 Å². The Kier molecular flexibility index (Phi) is 6.50. The molecular formula is C16H24N2O5S. The number of carboxylic acids is 1. The van der Waals surface area contributed by atoms with Gasteiger partial charge in [-0.05, 0) is 44.0 Å². The van der Waals surface area contributed by atoms with E-state index in [-0.39, 0.29) is 22.4 Å². The summed E-state index contributed by atoms with van der Waals surface area (Å²) < 4.78 is 26.0. The molecule has 24 heavy (non-hydrogen) atoms. The van der Waals surface area contributed by atoms with Crippen molar-refractivity contribution >= 4 is 21.9 Å². The number of benzene rings is 1. The number of carboxylic acid groups (broad SMARTS) is 1. The van der Waals surface area contributed by atoms with Crippen LogP contribution in [0.4, 0.5) is 0 Å². The first-order valence-corrected chi connectivity index (χ1v) is 9.04. The Hall–Kier alpha value is -1.93. The van der Waals surface area contributed by atoms with Crippen molar-refractivity contribution in [1.29, 1.82) is 0 Å². The number of nitrogens with one attached hydrogen (secondary N) is 1. The average molecular weight is 356 g/mol. The first-order valence-electron chi connectivity index (χ1n) is 7.60. The van der Waals surface area contributed by atoms with E-state index in [0.717, 1.165) is 0 Å². The van der Waals surface area contributed by atoms with E-state index in [0.29, 0.717) is 0 Å². The summed E-state index contributed by atoms with van der Waals surface area (Å²) >= 11 is 0. The van der Waals surface area contributed by atoms with E-state index in [2.05, 4.69) is 5.32 Å². The van der Waals surface area contributed by atoms with Gasteiger partial charge in [-0.15, -0.1) is 0 Å². The van der Waals surface area contributed by atoms with Crippen molar-refractivity contribution in [2.45, 2.75) is 44.7 Å². The molecule has 1 aromatic carbocycles. The predicted octanol–water partition coefficient (Wildman–Crippen LogP) is 1.55. The second-order valence-corrected chi connectivity index (χ2v) is 8.17. The lowest BCUT2D eigenvalue weighted by Gasteiger charge is -2.21. The van der Waals surface area contributed by atoms with Crippen LogP contribution >= 0.6 is 0 Å². The van der Waals surface area contributed by atoms with E-state index in [1.54, 1.807) is 27.7 Å². The van der Waals surface area contributed by atoms with Crippen molar-refractivity contribution in [3.05, 3.63) is 29.8 Å². The smallest absolute Gasteiger partial charge is 0.326 e. The van der Waals surface area contributed by atoms with Crippen LogP contribution in [-0.2, 0) is 14.8 Å². The zero-order valence-corrected chi connectivity index (χ0v) is 15.3. The highest BCUT2D eigenvalue weighted by Crippen LogP contribution is 2.17. The summed E-state index contributed by atoms with van der Waals surface area (Å²) in [5.41, 5.74) is 0.202. The third-order valence-corrected chi connectivity index (χ3v) is 5.79. The number of nitrogens with zero attached hydrogens (tertiary/aromatic N) is 1. The number of rotatable bonds is 7. The molecule has 0 bridgehead atoms. The van der Waals surface area contributed by atoms with Gasteiger partial charge in [0.2, 0.25) is 10.0 Å².